The minimum absolute atomic E-state index is 0. The number of aromatic carboxylic acids is 2. The molecule has 0 atom stereocenters. The van der Waals surface area contributed by atoms with Gasteiger partial charge in [-0.25, -0.2) is 0 Å². The summed E-state index contributed by atoms with van der Waals surface area (Å²) in [5.74, 6) is -2.81. The van der Waals surface area contributed by atoms with Crippen LogP contribution in [-0.2, 0) is 27.3 Å². The van der Waals surface area contributed by atoms with Gasteiger partial charge in [-0.1, -0.05) is 66.7 Å². The summed E-state index contributed by atoms with van der Waals surface area (Å²) < 4.78 is 0. The first-order valence-electron chi connectivity index (χ1n) is 7.95. The summed E-state index contributed by atoms with van der Waals surface area (Å²) in [6.45, 7) is 0. The molecular formula is C22H14CdO4. The van der Waals surface area contributed by atoms with Crippen molar-refractivity contribution < 1.29 is 47.1 Å². The Morgan fingerprint density at radius 1 is 0.519 bits per heavy atom. The number of carbonyl (C=O) groups is 2. The SMILES string of the molecule is O=C([O-])c1cccc(C(=O)[O-])c1.[Cd+2].c1ccc2cc3ccccc3cc2c1. The fourth-order valence-electron chi connectivity index (χ4n) is 2.66. The van der Waals surface area contributed by atoms with Crippen LogP contribution in [-0.4, -0.2) is 11.9 Å². The predicted octanol–water partition coefficient (Wildman–Crippen LogP) is 2.40. The van der Waals surface area contributed by atoms with Crippen LogP contribution in [0, 0.1) is 0 Å². The van der Waals surface area contributed by atoms with Crippen molar-refractivity contribution in [2.75, 3.05) is 0 Å². The van der Waals surface area contributed by atoms with Gasteiger partial charge in [0, 0.05) is 0 Å². The first-order valence-corrected chi connectivity index (χ1v) is 7.95. The fourth-order valence-corrected chi connectivity index (χ4v) is 2.66. The molecule has 0 aliphatic rings. The van der Waals surface area contributed by atoms with Crippen molar-refractivity contribution in [2.24, 2.45) is 0 Å². The summed E-state index contributed by atoms with van der Waals surface area (Å²) in [5, 5.41) is 25.7. The minimum atomic E-state index is -1.40. The Morgan fingerprint density at radius 3 is 1.15 bits per heavy atom. The monoisotopic (exact) mass is 456 g/mol. The average Bonchev–Trinajstić information content (AvgIpc) is 2.67. The molecule has 0 radical (unpaired) electrons. The number of carbonyl (C=O) groups excluding carboxylic acids is 2. The third-order valence-corrected chi connectivity index (χ3v) is 3.95. The van der Waals surface area contributed by atoms with Crippen LogP contribution in [0.25, 0.3) is 21.5 Å². The standard InChI is InChI=1S/C14H10.C8H6O4.Cd/c1-2-6-12-10-14-8-4-3-7-13(14)9-11(12)5-1;9-7(10)5-2-1-3-6(4-5)8(11)12;/h1-10H;1-4H,(H,9,10)(H,11,12);/q;;+2/p-2. The fraction of sp³-hybridized carbons (Fsp3) is 0. The van der Waals surface area contributed by atoms with Crippen molar-refractivity contribution in [3.8, 4) is 0 Å². The Hall–Kier alpha value is -2.74. The van der Waals surface area contributed by atoms with E-state index in [2.05, 4.69) is 60.7 Å². The van der Waals surface area contributed by atoms with E-state index in [0.717, 1.165) is 6.07 Å². The van der Waals surface area contributed by atoms with Crippen LogP contribution >= 0.6 is 0 Å². The number of hydrogen-bond donors (Lipinski definition) is 0. The van der Waals surface area contributed by atoms with Gasteiger partial charge in [0.2, 0.25) is 0 Å². The van der Waals surface area contributed by atoms with E-state index in [4.69, 9.17) is 0 Å². The van der Waals surface area contributed by atoms with Crippen molar-refractivity contribution in [1.82, 2.24) is 0 Å². The first kappa shape index (κ1) is 20.6. The molecule has 5 heteroatoms. The van der Waals surface area contributed by atoms with E-state index in [1.807, 2.05) is 0 Å². The zero-order valence-corrected chi connectivity index (χ0v) is 18.5. The van der Waals surface area contributed by atoms with Crippen molar-refractivity contribution in [1.29, 1.82) is 0 Å². The predicted molar refractivity (Wildman–Crippen MR) is 96.6 cm³/mol. The molecule has 0 amide bonds. The Balaban J connectivity index is 0.000000190. The zero-order valence-electron chi connectivity index (χ0n) is 14.4. The molecule has 0 unspecified atom stereocenters. The van der Waals surface area contributed by atoms with Gasteiger partial charge >= 0.3 is 27.3 Å². The van der Waals surface area contributed by atoms with E-state index in [1.54, 1.807) is 0 Å². The largest absolute Gasteiger partial charge is 2.00 e. The maximum absolute atomic E-state index is 10.3. The Bertz CT molecular complexity index is 971. The summed E-state index contributed by atoms with van der Waals surface area (Å²) >= 11 is 0. The van der Waals surface area contributed by atoms with Gasteiger partial charge in [0.15, 0.2) is 0 Å². The van der Waals surface area contributed by atoms with Crippen LogP contribution < -0.4 is 10.2 Å². The van der Waals surface area contributed by atoms with Gasteiger partial charge in [-0.15, -0.1) is 0 Å². The smallest absolute Gasteiger partial charge is 0.545 e. The number of carboxylic acid groups (broad SMARTS) is 2. The number of benzene rings is 4. The molecule has 0 bridgehead atoms. The number of fused-ring (bicyclic) bond motifs is 2. The normalized spacial score (nSPS) is 9.78. The summed E-state index contributed by atoms with van der Waals surface area (Å²) in [6, 6.07) is 26.2. The Kier molecular flexibility index (Phi) is 7.06. The number of hydrogen-bond acceptors (Lipinski definition) is 4. The molecule has 27 heavy (non-hydrogen) atoms. The molecule has 4 rings (SSSR count). The molecule has 4 nitrogen and oxygen atoms in total. The zero-order chi connectivity index (χ0) is 18.5. The molecule has 128 valence electrons. The molecular weight excluding hydrogens is 441 g/mol. The van der Waals surface area contributed by atoms with Crippen molar-refractivity contribution in [3.05, 3.63) is 96.1 Å². The number of carboxylic acids is 2. The molecule has 0 saturated heterocycles. The van der Waals surface area contributed by atoms with E-state index in [1.165, 1.54) is 39.7 Å². The van der Waals surface area contributed by atoms with E-state index in [-0.39, 0.29) is 38.4 Å². The molecule has 0 spiro atoms. The second-order valence-electron chi connectivity index (χ2n) is 5.70. The molecule has 0 heterocycles. The topological polar surface area (TPSA) is 80.3 Å². The third-order valence-electron chi connectivity index (χ3n) is 3.95. The Labute approximate surface area is 176 Å². The third kappa shape index (κ3) is 5.13. The van der Waals surface area contributed by atoms with Gasteiger partial charge in [-0.2, -0.15) is 0 Å². The van der Waals surface area contributed by atoms with Gasteiger partial charge in [0.1, 0.15) is 0 Å². The van der Waals surface area contributed by atoms with E-state index >= 15 is 0 Å². The summed E-state index contributed by atoms with van der Waals surface area (Å²) in [4.78, 5) is 20.5. The molecule has 0 saturated carbocycles. The van der Waals surface area contributed by atoms with Gasteiger partial charge in [0.25, 0.3) is 0 Å². The maximum Gasteiger partial charge on any atom is 2.00 e. The number of rotatable bonds is 2. The van der Waals surface area contributed by atoms with Gasteiger partial charge < -0.3 is 19.8 Å². The van der Waals surface area contributed by atoms with Crippen LogP contribution in [0.1, 0.15) is 20.7 Å². The van der Waals surface area contributed by atoms with E-state index in [9.17, 15) is 19.8 Å². The van der Waals surface area contributed by atoms with Gasteiger partial charge in [-0.3, -0.25) is 0 Å². The van der Waals surface area contributed by atoms with E-state index in [0.29, 0.717) is 0 Å². The Morgan fingerprint density at radius 2 is 0.852 bits per heavy atom. The van der Waals surface area contributed by atoms with Crippen molar-refractivity contribution in [3.63, 3.8) is 0 Å². The molecule has 4 aromatic carbocycles. The summed E-state index contributed by atoms with van der Waals surface area (Å²) in [7, 11) is 0. The minimum Gasteiger partial charge on any atom is -0.545 e. The quantitative estimate of drug-likeness (QED) is 0.344. The molecule has 4 aromatic rings. The molecule has 0 aliphatic carbocycles. The first-order chi connectivity index (χ1) is 12.5. The molecule has 0 aromatic heterocycles. The molecule has 0 aliphatic heterocycles. The van der Waals surface area contributed by atoms with Crippen molar-refractivity contribution >= 4 is 33.5 Å². The average molecular weight is 455 g/mol. The summed E-state index contributed by atoms with van der Waals surface area (Å²) in [5.41, 5.74) is -0.339. The van der Waals surface area contributed by atoms with Gasteiger partial charge in [-0.05, 0) is 50.9 Å². The second-order valence-corrected chi connectivity index (χ2v) is 5.70. The van der Waals surface area contributed by atoms with Crippen LogP contribution in [0.5, 0.6) is 0 Å². The van der Waals surface area contributed by atoms with E-state index < -0.39 is 11.9 Å². The molecule has 0 fully saturated rings. The molecule has 0 N–H and O–H groups in total. The second kappa shape index (κ2) is 9.27. The van der Waals surface area contributed by atoms with Crippen LogP contribution in [0.2, 0.25) is 0 Å². The maximum atomic E-state index is 10.3. The van der Waals surface area contributed by atoms with Gasteiger partial charge in [0.05, 0.1) is 11.9 Å². The van der Waals surface area contributed by atoms with Crippen LogP contribution in [0.4, 0.5) is 0 Å². The van der Waals surface area contributed by atoms with Crippen LogP contribution in [0.3, 0.4) is 0 Å². The summed E-state index contributed by atoms with van der Waals surface area (Å²) in [6.07, 6.45) is 0. The van der Waals surface area contributed by atoms with Crippen molar-refractivity contribution in [2.45, 2.75) is 0 Å². The van der Waals surface area contributed by atoms with Crippen LogP contribution in [0.15, 0.2) is 84.9 Å².